The van der Waals surface area contributed by atoms with Crippen LogP contribution in [0.3, 0.4) is 0 Å². The van der Waals surface area contributed by atoms with E-state index in [0.29, 0.717) is 5.02 Å². The summed E-state index contributed by atoms with van der Waals surface area (Å²) in [6, 6.07) is 6.20. The highest BCUT2D eigenvalue weighted by Crippen LogP contribution is 2.38. The van der Waals surface area contributed by atoms with Gasteiger partial charge in [0.25, 0.3) is 0 Å². The number of nitrogens with one attached hydrogen (secondary N) is 1. The predicted molar refractivity (Wildman–Crippen MR) is 94.8 cm³/mol. The first kappa shape index (κ1) is 17.9. The Morgan fingerprint density at radius 2 is 1.60 bits per heavy atom. The van der Waals surface area contributed by atoms with E-state index in [0.717, 1.165) is 31.2 Å². The van der Waals surface area contributed by atoms with Crippen molar-refractivity contribution >= 4 is 29.3 Å². The van der Waals surface area contributed by atoms with Gasteiger partial charge in [-0.2, -0.15) is 0 Å². The molecule has 6 heteroatoms. The number of likely N-dealkylation sites (tertiary alicyclic amines) is 1. The van der Waals surface area contributed by atoms with Gasteiger partial charge >= 0.3 is 0 Å². The van der Waals surface area contributed by atoms with Crippen molar-refractivity contribution in [3.05, 3.63) is 34.9 Å². The molecule has 134 valence electrons. The Balaban J connectivity index is 1.68. The number of hydrogen-bond acceptors (Lipinski definition) is 3. The Labute approximate surface area is 152 Å². The highest BCUT2D eigenvalue weighted by Gasteiger charge is 2.50. The first-order valence-corrected chi connectivity index (χ1v) is 9.20. The van der Waals surface area contributed by atoms with E-state index < -0.39 is 6.04 Å². The van der Waals surface area contributed by atoms with E-state index in [-0.39, 0.29) is 35.6 Å². The summed E-state index contributed by atoms with van der Waals surface area (Å²) in [7, 11) is 0. The SMILES string of the molecule is CC(NC(=O)C(C)N1C(=O)C2CCCCC2C1=O)c1ccc(Cl)cc1. The molecule has 0 spiro atoms. The normalized spacial score (nSPS) is 25.5. The fraction of sp³-hybridized carbons (Fsp3) is 0.526. The van der Waals surface area contributed by atoms with Gasteiger partial charge in [-0.05, 0) is 44.4 Å². The molecule has 1 aromatic rings. The molecule has 3 amide bonds. The molecular weight excluding hydrogens is 340 g/mol. The number of amides is 3. The summed E-state index contributed by atoms with van der Waals surface area (Å²) in [5, 5.41) is 3.52. The molecule has 0 bridgehead atoms. The lowest BCUT2D eigenvalue weighted by atomic mass is 9.81. The van der Waals surface area contributed by atoms with Gasteiger partial charge in [0.2, 0.25) is 17.7 Å². The van der Waals surface area contributed by atoms with Crippen molar-refractivity contribution in [1.29, 1.82) is 0 Å². The Kier molecular flexibility index (Phi) is 5.13. The number of benzene rings is 1. The zero-order chi connectivity index (χ0) is 18.1. The minimum atomic E-state index is -0.791. The Bertz CT molecular complexity index is 664. The van der Waals surface area contributed by atoms with Gasteiger partial charge in [0.05, 0.1) is 17.9 Å². The van der Waals surface area contributed by atoms with Gasteiger partial charge in [0.1, 0.15) is 6.04 Å². The maximum Gasteiger partial charge on any atom is 0.243 e. The van der Waals surface area contributed by atoms with Crippen molar-refractivity contribution < 1.29 is 14.4 Å². The Morgan fingerprint density at radius 3 is 2.12 bits per heavy atom. The van der Waals surface area contributed by atoms with E-state index in [9.17, 15) is 14.4 Å². The highest BCUT2D eigenvalue weighted by atomic mass is 35.5. The number of rotatable bonds is 4. The molecule has 0 aromatic heterocycles. The number of carbonyl (C=O) groups excluding carboxylic acids is 3. The monoisotopic (exact) mass is 362 g/mol. The number of nitrogens with zero attached hydrogens (tertiary/aromatic N) is 1. The van der Waals surface area contributed by atoms with E-state index >= 15 is 0 Å². The summed E-state index contributed by atoms with van der Waals surface area (Å²) < 4.78 is 0. The molecule has 1 heterocycles. The van der Waals surface area contributed by atoms with Crippen LogP contribution < -0.4 is 5.32 Å². The molecule has 2 aliphatic rings. The van der Waals surface area contributed by atoms with Crippen molar-refractivity contribution in [3.8, 4) is 0 Å². The van der Waals surface area contributed by atoms with Crippen LogP contribution in [0.1, 0.15) is 51.1 Å². The van der Waals surface area contributed by atoms with Crippen LogP contribution in [0.25, 0.3) is 0 Å². The third kappa shape index (κ3) is 3.43. The number of halogens is 1. The van der Waals surface area contributed by atoms with Crippen molar-refractivity contribution in [2.45, 2.75) is 51.6 Å². The maximum absolute atomic E-state index is 12.6. The number of hydrogen-bond donors (Lipinski definition) is 1. The molecule has 1 saturated heterocycles. The Morgan fingerprint density at radius 1 is 1.08 bits per heavy atom. The molecule has 4 unspecified atom stereocenters. The average Bonchev–Trinajstić information content (AvgIpc) is 2.86. The van der Waals surface area contributed by atoms with Crippen LogP contribution in [0.5, 0.6) is 0 Å². The second-order valence-corrected chi connectivity index (χ2v) is 7.44. The molecule has 0 radical (unpaired) electrons. The molecule has 1 saturated carbocycles. The summed E-state index contributed by atoms with van der Waals surface area (Å²) in [4.78, 5) is 39.0. The van der Waals surface area contributed by atoms with Crippen LogP contribution in [-0.2, 0) is 14.4 Å². The van der Waals surface area contributed by atoms with E-state index in [4.69, 9.17) is 11.6 Å². The smallest absolute Gasteiger partial charge is 0.243 e. The van der Waals surface area contributed by atoms with Gasteiger partial charge in [-0.1, -0.05) is 36.6 Å². The van der Waals surface area contributed by atoms with Gasteiger partial charge in [-0.3, -0.25) is 19.3 Å². The van der Waals surface area contributed by atoms with E-state index in [1.807, 2.05) is 19.1 Å². The molecule has 5 nitrogen and oxygen atoms in total. The summed E-state index contributed by atoms with van der Waals surface area (Å²) >= 11 is 5.88. The maximum atomic E-state index is 12.6. The quantitative estimate of drug-likeness (QED) is 0.837. The van der Waals surface area contributed by atoms with E-state index in [1.54, 1.807) is 19.1 Å². The molecular formula is C19H23ClN2O3. The Hall–Kier alpha value is -1.88. The second kappa shape index (κ2) is 7.16. The molecule has 1 aliphatic heterocycles. The fourth-order valence-electron chi connectivity index (χ4n) is 3.86. The van der Waals surface area contributed by atoms with Crippen LogP contribution in [0.2, 0.25) is 5.02 Å². The minimum absolute atomic E-state index is 0.184. The lowest BCUT2D eigenvalue weighted by Crippen LogP contribution is -2.48. The summed E-state index contributed by atoms with van der Waals surface area (Å²) in [5.41, 5.74) is 0.915. The standard InChI is InChI=1S/C19H23ClN2O3/c1-11(13-7-9-14(20)10-8-13)21-17(23)12(2)22-18(24)15-5-3-4-6-16(15)19(22)25/h7-12,15-16H,3-6H2,1-2H3,(H,21,23). The number of carbonyl (C=O) groups is 3. The van der Waals surface area contributed by atoms with Gasteiger partial charge in [-0.15, -0.1) is 0 Å². The third-order valence-corrected chi connectivity index (χ3v) is 5.62. The van der Waals surface area contributed by atoms with Crippen LogP contribution in [-0.4, -0.2) is 28.7 Å². The van der Waals surface area contributed by atoms with Gasteiger partial charge in [-0.25, -0.2) is 0 Å². The first-order valence-electron chi connectivity index (χ1n) is 8.83. The molecule has 3 rings (SSSR count). The predicted octanol–water partition coefficient (Wildman–Crippen LogP) is 3.08. The summed E-state index contributed by atoms with van der Waals surface area (Å²) in [6.07, 6.45) is 3.45. The van der Waals surface area contributed by atoms with Crippen molar-refractivity contribution in [1.82, 2.24) is 10.2 Å². The molecule has 4 atom stereocenters. The van der Waals surface area contributed by atoms with E-state index in [1.165, 1.54) is 4.90 Å². The number of fused-ring (bicyclic) bond motifs is 1. The topological polar surface area (TPSA) is 66.5 Å². The highest BCUT2D eigenvalue weighted by molar-refractivity contribution is 6.30. The minimum Gasteiger partial charge on any atom is -0.348 e. The van der Waals surface area contributed by atoms with Gasteiger partial charge in [0, 0.05) is 5.02 Å². The molecule has 25 heavy (non-hydrogen) atoms. The molecule has 1 N–H and O–H groups in total. The molecule has 1 aromatic carbocycles. The molecule has 2 fully saturated rings. The fourth-order valence-corrected chi connectivity index (χ4v) is 3.98. The zero-order valence-corrected chi connectivity index (χ0v) is 15.3. The van der Waals surface area contributed by atoms with Gasteiger partial charge in [0.15, 0.2) is 0 Å². The van der Waals surface area contributed by atoms with Crippen LogP contribution in [0.15, 0.2) is 24.3 Å². The largest absolute Gasteiger partial charge is 0.348 e. The lowest BCUT2D eigenvalue weighted by molar-refractivity contribution is -0.147. The van der Waals surface area contributed by atoms with Crippen LogP contribution in [0, 0.1) is 11.8 Å². The van der Waals surface area contributed by atoms with Crippen molar-refractivity contribution in [2.75, 3.05) is 0 Å². The van der Waals surface area contributed by atoms with Crippen LogP contribution in [0.4, 0.5) is 0 Å². The lowest BCUT2D eigenvalue weighted by Gasteiger charge is -2.24. The summed E-state index contributed by atoms with van der Waals surface area (Å²) in [6.45, 7) is 3.48. The second-order valence-electron chi connectivity index (χ2n) is 7.00. The van der Waals surface area contributed by atoms with Gasteiger partial charge < -0.3 is 5.32 Å². The van der Waals surface area contributed by atoms with E-state index in [2.05, 4.69) is 5.32 Å². The van der Waals surface area contributed by atoms with Crippen molar-refractivity contribution in [3.63, 3.8) is 0 Å². The molecule has 1 aliphatic carbocycles. The third-order valence-electron chi connectivity index (χ3n) is 5.37. The van der Waals surface area contributed by atoms with Crippen molar-refractivity contribution in [2.24, 2.45) is 11.8 Å². The zero-order valence-electron chi connectivity index (χ0n) is 14.5. The first-order chi connectivity index (χ1) is 11.9. The van der Waals surface area contributed by atoms with Crippen LogP contribution >= 0.6 is 11.6 Å². The average molecular weight is 363 g/mol. The number of imide groups is 1. The summed E-state index contributed by atoms with van der Waals surface area (Å²) in [5.74, 6) is -1.15.